The number of aliphatic hydroxyl groups excluding tert-OH is 1. The molecule has 0 amide bonds. The number of fused-ring (bicyclic) bond motifs is 1. The van der Waals surface area contributed by atoms with Crippen LogP contribution in [0.25, 0.3) is 10.8 Å². The lowest BCUT2D eigenvalue weighted by Crippen LogP contribution is -2.18. The Morgan fingerprint density at radius 2 is 1.94 bits per heavy atom. The van der Waals surface area contributed by atoms with Crippen molar-refractivity contribution in [2.75, 3.05) is 0 Å². The number of aliphatic hydroxyl groups is 1. The summed E-state index contributed by atoms with van der Waals surface area (Å²) in [5.41, 5.74) is 0.111. The Labute approximate surface area is 99.1 Å². The maximum absolute atomic E-state index is 13.0. The van der Waals surface area contributed by atoms with Crippen LogP contribution in [0, 0.1) is 0 Å². The van der Waals surface area contributed by atoms with Crippen molar-refractivity contribution in [3.63, 3.8) is 0 Å². The van der Waals surface area contributed by atoms with E-state index in [0.717, 1.165) is 5.39 Å². The Morgan fingerprint density at radius 3 is 2.62 bits per heavy atom. The molecular weight excluding hydrogens is 280 g/mol. The van der Waals surface area contributed by atoms with E-state index < -0.39 is 10.9 Å². The molecule has 1 unspecified atom stereocenters. The lowest BCUT2D eigenvalue weighted by molar-refractivity contribution is -0.0288. The van der Waals surface area contributed by atoms with Crippen LogP contribution in [0.1, 0.15) is 11.7 Å². The van der Waals surface area contributed by atoms with Gasteiger partial charge in [-0.15, -0.1) is 0 Å². The summed E-state index contributed by atoms with van der Waals surface area (Å²) < 4.78 is 25.9. The highest BCUT2D eigenvalue weighted by Crippen LogP contribution is 2.38. The van der Waals surface area contributed by atoms with Crippen LogP contribution in [-0.4, -0.2) is 14.9 Å². The Bertz CT molecular complexity index is 507. The average Bonchev–Trinajstić information content (AvgIpc) is 2.26. The highest BCUT2D eigenvalue weighted by atomic mass is 79.9. The average molecular weight is 288 g/mol. The summed E-state index contributed by atoms with van der Waals surface area (Å²) in [6.45, 7) is 0. The van der Waals surface area contributed by atoms with Gasteiger partial charge in [-0.3, -0.25) is 4.98 Å². The van der Waals surface area contributed by atoms with Crippen LogP contribution >= 0.6 is 15.9 Å². The number of nitrogens with zero attached hydrogens (tertiary/aromatic N) is 1. The summed E-state index contributed by atoms with van der Waals surface area (Å²) in [5.74, 6) is 0. The van der Waals surface area contributed by atoms with Crippen LogP contribution in [0.2, 0.25) is 0 Å². The first-order valence-corrected chi connectivity index (χ1v) is 5.37. The SMILES string of the molecule is OC(c1cncc2ccccc12)C(F)(F)Br. The topological polar surface area (TPSA) is 33.1 Å². The summed E-state index contributed by atoms with van der Waals surface area (Å²) in [5, 5.41) is 10.8. The lowest BCUT2D eigenvalue weighted by Gasteiger charge is -2.17. The maximum Gasteiger partial charge on any atom is 0.330 e. The number of aromatic nitrogens is 1. The molecule has 84 valence electrons. The lowest BCUT2D eigenvalue weighted by atomic mass is 10.0. The van der Waals surface area contributed by atoms with Crippen LogP contribution in [0.4, 0.5) is 8.78 Å². The molecule has 0 radical (unpaired) electrons. The van der Waals surface area contributed by atoms with Crippen molar-refractivity contribution in [1.82, 2.24) is 4.98 Å². The number of rotatable bonds is 2. The van der Waals surface area contributed by atoms with Gasteiger partial charge in [-0.25, -0.2) is 0 Å². The zero-order valence-electron chi connectivity index (χ0n) is 8.07. The molecule has 0 fully saturated rings. The predicted octanol–water partition coefficient (Wildman–Crippen LogP) is 3.26. The van der Waals surface area contributed by atoms with E-state index in [9.17, 15) is 13.9 Å². The van der Waals surface area contributed by atoms with Gasteiger partial charge in [0.25, 0.3) is 0 Å². The predicted molar refractivity (Wildman–Crippen MR) is 60.6 cm³/mol. The van der Waals surface area contributed by atoms with Gasteiger partial charge in [-0.2, -0.15) is 8.78 Å². The number of hydrogen-bond donors (Lipinski definition) is 1. The van der Waals surface area contributed by atoms with Crippen LogP contribution in [0.15, 0.2) is 36.7 Å². The standard InChI is InChI=1S/C11H8BrF2NO/c12-11(13,14)10(16)9-6-15-5-7-3-1-2-4-8(7)9/h1-6,10,16H. The van der Waals surface area contributed by atoms with Crippen molar-refractivity contribution >= 4 is 26.7 Å². The van der Waals surface area contributed by atoms with E-state index >= 15 is 0 Å². The molecule has 1 heterocycles. The zero-order chi connectivity index (χ0) is 11.8. The first kappa shape index (κ1) is 11.4. The molecule has 0 aliphatic rings. The minimum absolute atomic E-state index is 0.111. The Balaban J connectivity index is 2.61. The highest BCUT2D eigenvalue weighted by Gasteiger charge is 2.37. The summed E-state index contributed by atoms with van der Waals surface area (Å²) in [6.07, 6.45) is 0.909. The van der Waals surface area contributed by atoms with E-state index in [2.05, 4.69) is 20.9 Å². The first-order valence-electron chi connectivity index (χ1n) is 4.57. The molecule has 0 aliphatic heterocycles. The van der Waals surface area contributed by atoms with E-state index in [-0.39, 0.29) is 5.56 Å². The Kier molecular flexibility index (Phi) is 2.90. The normalized spacial score (nSPS) is 14.0. The van der Waals surface area contributed by atoms with Gasteiger partial charge in [-0.1, -0.05) is 24.3 Å². The number of alkyl halides is 3. The Morgan fingerprint density at radius 1 is 1.25 bits per heavy atom. The summed E-state index contributed by atoms with van der Waals surface area (Å²) >= 11 is 2.16. The number of benzene rings is 1. The molecule has 1 atom stereocenters. The Hall–Kier alpha value is -1.07. The van der Waals surface area contributed by atoms with Crippen LogP contribution in [0.3, 0.4) is 0 Å². The zero-order valence-corrected chi connectivity index (χ0v) is 9.66. The van der Waals surface area contributed by atoms with Crippen LogP contribution in [0.5, 0.6) is 0 Å². The fraction of sp³-hybridized carbons (Fsp3) is 0.182. The molecule has 5 heteroatoms. The minimum Gasteiger partial charge on any atom is -0.381 e. The molecule has 2 nitrogen and oxygen atoms in total. The van der Waals surface area contributed by atoms with Gasteiger partial charge in [0, 0.05) is 23.3 Å². The number of pyridine rings is 1. The van der Waals surface area contributed by atoms with E-state index in [1.807, 2.05) is 0 Å². The fourth-order valence-electron chi connectivity index (χ4n) is 1.53. The van der Waals surface area contributed by atoms with Gasteiger partial charge >= 0.3 is 4.83 Å². The van der Waals surface area contributed by atoms with Crippen molar-refractivity contribution in [2.45, 2.75) is 10.9 Å². The minimum atomic E-state index is -3.36. The summed E-state index contributed by atoms with van der Waals surface area (Å²) in [7, 11) is 0. The van der Waals surface area contributed by atoms with Crippen LogP contribution in [-0.2, 0) is 0 Å². The van der Waals surface area contributed by atoms with E-state index in [4.69, 9.17) is 0 Å². The molecule has 1 aromatic carbocycles. The second kappa shape index (κ2) is 4.07. The summed E-state index contributed by atoms with van der Waals surface area (Å²) in [6, 6.07) is 6.94. The van der Waals surface area contributed by atoms with Crippen molar-refractivity contribution in [2.24, 2.45) is 0 Å². The maximum atomic E-state index is 13.0. The van der Waals surface area contributed by atoms with Crippen molar-refractivity contribution in [1.29, 1.82) is 0 Å². The largest absolute Gasteiger partial charge is 0.381 e. The van der Waals surface area contributed by atoms with Crippen LogP contribution < -0.4 is 0 Å². The van der Waals surface area contributed by atoms with Gasteiger partial charge < -0.3 is 5.11 Å². The molecule has 0 spiro atoms. The third-order valence-corrected chi connectivity index (χ3v) is 2.74. The quantitative estimate of drug-likeness (QED) is 0.860. The highest BCUT2D eigenvalue weighted by molar-refractivity contribution is 9.10. The van der Waals surface area contributed by atoms with Gasteiger partial charge in [0.05, 0.1) is 0 Å². The van der Waals surface area contributed by atoms with E-state index in [0.29, 0.717) is 5.39 Å². The van der Waals surface area contributed by atoms with Gasteiger partial charge in [0.2, 0.25) is 0 Å². The van der Waals surface area contributed by atoms with Crippen molar-refractivity contribution in [3.8, 4) is 0 Å². The molecule has 0 saturated heterocycles. The van der Waals surface area contributed by atoms with Crippen molar-refractivity contribution in [3.05, 3.63) is 42.2 Å². The number of hydrogen-bond acceptors (Lipinski definition) is 2. The second-order valence-corrected chi connectivity index (χ2v) is 4.45. The van der Waals surface area contributed by atoms with Gasteiger partial charge in [0.1, 0.15) is 0 Å². The molecular formula is C11H8BrF2NO. The molecule has 0 aliphatic carbocycles. The fourth-order valence-corrected chi connectivity index (χ4v) is 1.78. The monoisotopic (exact) mass is 287 g/mol. The molecule has 2 aromatic rings. The van der Waals surface area contributed by atoms with Crippen molar-refractivity contribution < 1.29 is 13.9 Å². The molecule has 1 N–H and O–H groups in total. The molecule has 2 rings (SSSR count). The smallest absolute Gasteiger partial charge is 0.330 e. The first-order chi connectivity index (χ1) is 7.50. The molecule has 0 bridgehead atoms. The van der Waals surface area contributed by atoms with Gasteiger partial charge in [0.15, 0.2) is 6.10 Å². The molecule has 16 heavy (non-hydrogen) atoms. The third kappa shape index (κ3) is 2.05. The summed E-state index contributed by atoms with van der Waals surface area (Å²) in [4.78, 5) is 0.471. The number of halogens is 3. The molecule has 0 saturated carbocycles. The molecule has 1 aromatic heterocycles. The second-order valence-electron chi connectivity index (χ2n) is 3.39. The van der Waals surface area contributed by atoms with E-state index in [1.54, 1.807) is 30.5 Å². The van der Waals surface area contributed by atoms with E-state index in [1.165, 1.54) is 6.20 Å². The third-order valence-electron chi connectivity index (χ3n) is 2.30. The van der Waals surface area contributed by atoms with Gasteiger partial charge in [-0.05, 0) is 21.3 Å².